The van der Waals surface area contributed by atoms with Crippen molar-refractivity contribution in [3.05, 3.63) is 35.9 Å². The first kappa shape index (κ1) is 26.0. The molecule has 2 amide bonds. The van der Waals surface area contributed by atoms with E-state index in [1.54, 1.807) is 7.11 Å². The topological polar surface area (TPSA) is 73.8 Å². The van der Waals surface area contributed by atoms with E-state index in [0.717, 1.165) is 50.3 Å². The summed E-state index contributed by atoms with van der Waals surface area (Å²) in [5, 5.41) is 18.5. The van der Waals surface area contributed by atoms with Crippen LogP contribution >= 0.6 is 0 Å². The van der Waals surface area contributed by atoms with Crippen molar-refractivity contribution in [2.75, 3.05) is 40.4 Å². The average molecular weight is 460 g/mol. The second-order valence-corrected chi connectivity index (χ2v) is 10.1. The molecule has 1 aliphatic heterocycles. The Bertz CT molecular complexity index is 695. The van der Waals surface area contributed by atoms with E-state index in [2.05, 4.69) is 10.6 Å². The zero-order valence-corrected chi connectivity index (χ0v) is 20.7. The maximum atomic E-state index is 13.3. The summed E-state index contributed by atoms with van der Waals surface area (Å²) < 4.78 is 5.26. The quantitative estimate of drug-likeness (QED) is 0.432. The molecule has 33 heavy (non-hydrogen) atoms. The summed E-state index contributed by atoms with van der Waals surface area (Å²) in [7, 11) is 3.65. The number of likely N-dealkylation sites (N-methyl/N-ethyl adjacent to an activating group) is 1. The Balaban J connectivity index is 1.65. The van der Waals surface area contributed by atoms with Gasteiger partial charge in [0.2, 0.25) is 0 Å². The number of nitrogens with one attached hydrogen (secondary N) is 2. The number of piperidine rings is 1. The first-order valence-corrected chi connectivity index (χ1v) is 13.0. The molecule has 2 fully saturated rings. The summed E-state index contributed by atoms with van der Waals surface area (Å²) >= 11 is 0. The summed E-state index contributed by atoms with van der Waals surface area (Å²) in [6, 6.07) is 10.1. The maximum absolute atomic E-state index is 13.3. The smallest absolute Gasteiger partial charge is 0.317 e. The molecule has 0 unspecified atom stereocenters. The average Bonchev–Trinajstić information content (AvgIpc) is 2.85. The van der Waals surface area contributed by atoms with Gasteiger partial charge in [0.1, 0.15) is 0 Å². The molecule has 3 N–H and O–H groups in total. The molecule has 1 aliphatic carbocycles. The number of likely N-dealkylation sites (tertiary alicyclic amines) is 1. The van der Waals surface area contributed by atoms with Crippen LogP contribution in [0.15, 0.2) is 30.3 Å². The minimum atomic E-state index is -0.953. The molecule has 6 nitrogen and oxygen atoms in total. The summed E-state index contributed by atoms with van der Waals surface area (Å²) in [6.45, 7) is 2.75. The van der Waals surface area contributed by atoms with Gasteiger partial charge in [0, 0.05) is 45.3 Å². The van der Waals surface area contributed by atoms with Crippen LogP contribution in [-0.2, 0) is 10.3 Å². The molecule has 0 radical (unpaired) electrons. The zero-order chi connectivity index (χ0) is 23.5. The lowest BCUT2D eigenvalue weighted by molar-refractivity contribution is -0.0584. The van der Waals surface area contributed by atoms with Gasteiger partial charge in [-0.3, -0.25) is 0 Å². The van der Waals surface area contributed by atoms with Crippen LogP contribution in [0, 0.1) is 11.8 Å². The molecule has 3 rings (SSSR count). The van der Waals surface area contributed by atoms with E-state index < -0.39 is 5.60 Å². The van der Waals surface area contributed by atoms with Crippen LogP contribution in [0.3, 0.4) is 0 Å². The molecule has 1 heterocycles. The molecule has 1 aromatic carbocycles. The number of nitrogens with zero attached hydrogens (tertiary/aromatic N) is 1. The molecule has 0 aromatic heterocycles. The lowest BCUT2D eigenvalue weighted by Gasteiger charge is -2.43. The Morgan fingerprint density at radius 1 is 1.18 bits per heavy atom. The van der Waals surface area contributed by atoms with Crippen molar-refractivity contribution in [3.8, 4) is 0 Å². The Kier molecular flexibility index (Phi) is 10.5. The molecule has 2 aliphatic rings. The van der Waals surface area contributed by atoms with Crippen LogP contribution in [0.5, 0.6) is 0 Å². The highest BCUT2D eigenvalue weighted by molar-refractivity contribution is 5.74. The fourth-order valence-corrected chi connectivity index (χ4v) is 5.88. The number of benzene rings is 1. The maximum Gasteiger partial charge on any atom is 0.317 e. The summed E-state index contributed by atoms with van der Waals surface area (Å²) in [4.78, 5) is 15.2. The van der Waals surface area contributed by atoms with Crippen molar-refractivity contribution in [2.45, 2.75) is 75.9 Å². The second-order valence-electron chi connectivity index (χ2n) is 10.1. The number of urea groups is 1. The summed E-state index contributed by atoms with van der Waals surface area (Å²) in [5.41, 5.74) is -0.00990. The highest BCUT2D eigenvalue weighted by Gasteiger charge is 2.41. The van der Waals surface area contributed by atoms with E-state index in [1.807, 2.05) is 42.3 Å². The number of aliphatic hydroxyl groups is 1. The van der Waals surface area contributed by atoms with Gasteiger partial charge in [-0.25, -0.2) is 4.79 Å². The van der Waals surface area contributed by atoms with Gasteiger partial charge < -0.3 is 25.4 Å². The lowest BCUT2D eigenvalue weighted by atomic mass is 9.74. The zero-order valence-electron chi connectivity index (χ0n) is 20.7. The largest absolute Gasteiger partial charge is 0.385 e. The Labute approximate surface area is 200 Å². The van der Waals surface area contributed by atoms with Crippen molar-refractivity contribution in [1.82, 2.24) is 15.5 Å². The van der Waals surface area contributed by atoms with Gasteiger partial charge in [-0.2, -0.15) is 0 Å². The van der Waals surface area contributed by atoms with E-state index in [1.165, 1.54) is 32.1 Å². The van der Waals surface area contributed by atoms with Gasteiger partial charge in [-0.15, -0.1) is 0 Å². The van der Waals surface area contributed by atoms with Crippen molar-refractivity contribution < 1.29 is 14.6 Å². The Morgan fingerprint density at radius 3 is 2.64 bits per heavy atom. The second kappa shape index (κ2) is 13.3. The summed E-state index contributed by atoms with van der Waals surface area (Å²) in [5.74, 6) is 0.729. The molecule has 3 atom stereocenters. The highest BCUT2D eigenvalue weighted by Crippen LogP contribution is 2.39. The molecule has 1 aromatic rings. The van der Waals surface area contributed by atoms with Crippen molar-refractivity contribution in [1.29, 1.82) is 0 Å². The van der Waals surface area contributed by atoms with Gasteiger partial charge in [0.05, 0.1) is 5.60 Å². The molecule has 0 bridgehead atoms. The number of carbonyl (C=O) groups is 1. The highest BCUT2D eigenvalue weighted by atomic mass is 16.5. The number of ether oxygens (including phenoxy) is 1. The van der Waals surface area contributed by atoms with Crippen LogP contribution < -0.4 is 10.6 Å². The monoisotopic (exact) mass is 459 g/mol. The van der Waals surface area contributed by atoms with Gasteiger partial charge >= 0.3 is 6.03 Å². The van der Waals surface area contributed by atoms with Crippen molar-refractivity contribution in [3.63, 3.8) is 0 Å². The summed E-state index contributed by atoms with van der Waals surface area (Å²) in [6.07, 6.45) is 10.9. The van der Waals surface area contributed by atoms with Gasteiger partial charge in [0.25, 0.3) is 0 Å². The van der Waals surface area contributed by atoms with Gasteiger partial charge in [-0.1, -0.05) is 62.4 Å². The van der Waals surface area contributed by atoms with E-state index in [9.17, 15) is 9.90 Å². The minimum Gasteiger partial charge on any atom is -0.385 e. The third-order valence-electron chi connectivity index (χ3n) is 7.68. The van der Waals surface area contributed by atoms with Crippen LogP contribution in [0.2, 0.25) is 0 Å². The van der Waals surface area contributed by atoms with E-state index in [0.29, 0.717) is 19.6 Å². The Morgan fingerprint density at radius 2 is 1.94 bits per heavy atom. The van der Waals surface area contributed by atoms with E-state index in [4.69, 9.17) is 4.74 Å². The molecule has 0 spiro atoms. The standard InChI is InChI=1S/C27H45N3O3/c1-28-20-25(19-22-11-5-3-6-12-22)29-26(31)30-17-9-15-24(21-30)27(32,16-10-18-33-2)23-13-7-4-8-14-23/h4,7-8,13-14,22,24-25,28,32H,3,5-6,9-12,15-21H2,1-2H3,(H,29,31)/t24-,25+,27+/m1/s1. The number of hydrogen-bond donors (Lipinski definition) is 3. The molecule has 6 heteroatoms. The fourth-order valence-electron chi connectivity index (χ4n) is 5.88. The van der Waals surface area contributed by atoms with Crippen molar-refractivity contribution in [2.24, 2.45) is 11.8 Å². The van der Waals surface area contributed by atoms with Crippen LogP contribution in [0.1, 0.15) is 69.8 Å². The first-order chi connectivity index (χ1) is 16.1. The van der Waals surface area contributed by atoms with E-state index in [-0.39, 0.29) is 18.0 Å². The SMILES string of the molecule is CNC[C@H](CC1CCCCC1)NC(=O)N1CCC[C@@H]([C@](O)(CCCOC)c2ccccc2)C1. The Hall–Kier alpha value is -1.63. The lowest BCUT2D eigenvalue weighted by Crippen LogP contribution is -2.54. The third kappa shape index (κ3) is 7.43. The molecular formula is C27H45N3O3. The number of rotatable bonds is 11. The van der Waals surface area contributed by atoms with Crippen LogP contribution in [-0.4, -0.2) is 62.5 Å². The van der Waals surface area contributed by atoms with Crippen LogP contribution in [0.4, 0.5) is 4.79 Å². The van der Waals surface area contributed by atoms with E-state index >= 15 is 0 Å². The predicted octanol–water partition coefficient (Wildman–Crippen LogP) is 4.28. The van der Waals surface area contributed by atoms with Crippen molar-refractivity contribution >= 4 is 6.03 Å². The number of methoxy groups -OCH3 is 1. The minimum absolute atomic E-state index is 0.0114. The molecular weight excluding hydrogens is 414 g/mol. The molecule has 1 saturated carbocycles. The molecule has 1 saturated heterocycles. The normalized spacial score (nSPS) is 22.5. The van der Waals surface area contributed by atoms with Gasteiger partial charge in [-0.05, 0) is 50.6 Å². The number of amides is 2. The predicted molar refractivity (Wildman–Crippen MR) is 133 cm³/mol. The van der Waals surface area contributed by atoms with Gasteiger partial charge in [0.15, 0.2) is 0 Å². The number of hydrogen-bond acceptors (Lipinski definition) is 4. The fraction of sp³-hybridized carbons (Fsp3) is 0.741. The van der Waals surface area contributed by atoms with Crippen LogP contribution in [0.25, 0.3) is 0 Å². The molecule has 186 valence electrons. The third-order valence-corrected chi connectivity index (χ3v) is 7.68. The number of carbonyl (C=O) groups excluding carboxylic acids is 1. The first-order valence-electron chi connectivity index (χ1n) is 13.0.